The lowest BCUT2D eigenvalue weighted by Gasteiger charge is -2.32. The van der Waals surface area contributed by atoms with Gasteiger partial charge in [0.15, 0.2) is 11.5 Å². The lowest BCUT2D eigenvalue weighted by Crippen LogP contribution is -2.39. The summed E-state index contributed by atoms with van der Waals surface area (Å²) in [5.74, 6) is 0.708. The minimum absolute atomic E-state index is 0.147. The summed E-state index contributed by atoms with van der Waals surface area (Å²) in [6.07, 6.45) is 3.21. The van der Waals surface area contributed by atoms with Crippen molar-refractivity contribution >= 4 is 11.5 Å². The van der Waals surface area contributed by atoms with E-state index in [-0.39, 0.29) is 17.8 Å². The summed E-state index contributed by atoms with van der Waals surface area (Å²) in [6.45, 7) is 3.94. The van der Waals surface area contributed by atoms with Crippen molar-refractivity contribution in [2.75, 3.05) is 44.2 Å². The Morgan fingerprint density at radius 1 is 1.05 bits per heavy atom. The van der Waals surface area contributed by atoms with Gasteiger partial charge in [0, 0.05) is 30.9 Å². The van der Waals surface area contributed by atoms with Gasteiger partial charge in [-0.1, -0.05) is 24.3 Å². The lowest BCUT2D eigenvalue weighted by atomic mass is 10.1. The highest BCUT2D eigenvalue weighted by atomic mass is 19.1. The number of nitrogens with one attached hydrogen (secondary N) is 1. The molecule has 11 nitrogen and oxygen atoms in total. The van der Waals surface area contributed by atoms with Crippen LogP contribution < -0.4 is 16.1 Å². The summed E-state index contributed by atoms with van der Waals surface area (Å²) in [5, 5.41) is 13.2. The Hall–Kier alpha value is -3.97. The van der Waals surface area contributed by atoms with E-state index in [0.717, 1.165) is 41.6 Å². The van der Waals surface area contributed by atoms with E-state index in [1.165, 1.54) is 14.0 Å². The average Bonchev–Trinajstić information content (AvgIpc) is 3.49. The minimum atomic E-state index is -0.863. The predicted molar refractivity (Wildman–Crippen MR) is 152 cm³/mol. The third kappa shape index (κ3) is 7.22. The van der Waals surface area contributed by atoms with Crippen LogP contribution in [0.1, 0.15) is 25.3 Å². The summed E-state index contributed by atoms with van der Waals surface area (Å²) in [5.41, 5.74) is 10.6. The Labute approximate surface area is 237 Å². The quantitative estimate of drug-likeness (QED) is 0.144. The highest BCUT2D eigenvalue weighted by Crippen LogP contribution is 2.30. The Balaban J connectivity index is 1.29. The molecule has 0 spiro atoms. The van der Waals surface area contributed by atoms with Gasteiger partial charge in [0.2, 0.25) is 5.89 Å². The van der Waals surface area contributed by atoms with E-state index in [4.69, 9.17) is 24.8 Å². The molecule has 0 amide bonds. The van der Waals surface area contributed by atoms with Crippen molar-refractivity contribution in [1.29, 1.82) is 0 Å². The zero-order valence-electron chi connectivity index (χ0n) is 23.1. The number of nitrogens with two attached hydrogens (primary N) is 1. The second kappa shape index (κ2) is 13.6. The summed E-state index contributed by atoms with van der Waals surface area (Å²) in [4.78, 5) is 19.5. The zero-order chi connectivity index (χ0) is 28.6. The van der Waals surface area contributed by atoms with Gasteiger partial charge in [0.25, 0.3) is 5.89 Å². The molecule has 1 unspecified atom stereocenters. The first-order valence-corrected chi connectivity index (χ1v) is 13.6. The average molecular weight is 564 g/mol. The van der Waals surface area contributed by atoms with Gasteiger partial charge in [-0.2, -0.15) is 0 Å². The standard InChI is InChI=1S/C29H34FN7O4/c1-19(30)17-32-14-11-20-3-5-22(6-4-20)28-35-36-29(40-28)26-27(31)33-18-25(34-26)21-7-9-23(10-8-21)37(41-38-2)24-12-15-39-16-13-24/h3-10,18-19,24,32H,11-17H2,1-2H3,(H2,31,33). The number of benzene rings is 2. The lowest BCUT2D eigenvalue weighted by molar-refractivity contribution is -0.290. The third-order valence-electron chi connectivity index (χ3n) is 6.74. The van der Waals surface area contributed by atoms with Crippen LogP contribution in [0.25, 0.3) is 34.3 Å². The largest absolute Gasteiger partial charge is 0.414 e. The molecular weight excluding hydrogens is 529 g/mol. The Morgan fingerprint density at radius 2 is 1.76 bits per heavy atom. The highest BCUT2D eigenvalue weighted by Gasteiger charge is 2.24. The Bertz CT molecular complexity index is 1390. The van der Waals surface area contributed by atoms with Crippen LogP contribution in [0.3, 0.4) is 0 Å². The van der Waals surface area contributed by atoms with Crippen molar-refractivity contribution in [3.05, 3.63) is 60.3 Å². The molecule has 41 heavy (non-hydrogen) atoms. The maximum Gasteiger partial charge on any atom is 0.270 e. The van der Waals surface area contributed by atoms with Crippen LogP contribution >= 0.6 is 0 Å². The van der Waals surface area contributed by atoms with Crippen molar-refractivity contribution in [3.63, 3.8) is 0 Å². The van der Waals surface area contributed by atoms with Crippen molar-refractivity contribution in [3.8, 4) is 34.3 Å². The fourth-order valence-corrected chi connectivity index (χ4v) is 4.57. The number of aromatic nitrogens is 4. The molecule has 2 aromatic carbocycles. The van der Waals surface area contributed by atoms with Gasteiger partial charge in [-0.15, -0.1) is 15.2 Å². The normalized spacial score (nSPS) is 14.7. The van der Waals surface area contributed by atoms with E-state index in [9.17, 15) is 4.39 Å². The van der Waals surface area contributed by atoms with Crippen LogP contribution in [-0.2, 0) is 21.0 Å². The maximum atomic E-state index is 12.9. The van der Waals surface area contributed by atoms with E-state index in [2.05, 4.69) is 25.5 Å². The van der Waals surface area contributed by atoms with Gasteiger partial charge in [0.05, 0.1) is 30.7 Å². The topological polar surface area (TPSA) is 134 Å². The molecule has 3 N–H and O–H groups in total. The molecule has 2 aromatic heterocycles. The molecule has 1 aliphatic rings. The van der Waals surface area contributed by atoms with Crippen LogP contribution in [-0.4, -0.2) is 65.8 Å². The van der Waals surface area contributed by atoms with Crippen LogP contribution in [0, 0.1) is 0 Å². The van der Waals surface area contributed by atoms with Crippen LogP contribution in [0.5, 0.6) is 0 Å². The van der Waals surface area contributed by atoms with E-state index >= 15 is 0 Å². The molecule has 12 heteroatoms. The number of hydrogen-bond donors (Lipinski definition) is 2. The molecule has 5 rings (SSSR count). The number of nitrogens with zero attached hydrogens (tertiary/aromatic N) is 5. The number of rotatable bonds is 12. The first-order chi connectivity index (χ1) is 20.0. The number of anilines is 2. The van der Waals surface area contributed by atoms with Gasteiger partial charge in [0.1, 0.15) is 6.17 Å². The molecule has 4 aromatic rings. The highest BCUT2D eigenvalue weighted by molar-refractivity contribution is 5.69. The summed E-state index contributed by atoms with van der Waals surface area (Å²) in [7, 11) is 1.49. The number of halogens is 1. The molecule has 3 heterocycles. The molecule has 1 atom stereocenters. The number of alkyl halides is 1. The molecule has 0 radical (unpaired) electrons. The van der Waals surface area contributed by atoms with Gasteiger partial charge < -0.3 is 20.2 Å². The van der Waals surface area contributed by atoms with Crippen molar-refractivity contribution in [2.45, 2.75) is 38.4 Å². The van der Waals surface area contributed by atoms with Crippen molar-refractivity contribution in [1.82, 2.24) is 25.5 Å². The maximum absolute atomic E-state index is 12.9. The summed E-state index contributed by atoms with van der Waals surface area (Å²) >= 11 is 0. The van der Waals surface area contributed by atoms with Gasteiger partial charge in [-0.3, -0.25) is 0 Å². The predicted octanol–water partition coefficient (Wildman–Crippen LogP) is 4.41. The number of nitrogen functional groups attached to an aromatic ring is 1. The fraction of sp³-hybridized carbons (Fsp3) is 0.379. The molecule has 0 aliphatic carbocycles. The van der Waals surface area contributed by atoms with E-state index in [0.29, 0.717) is 43.6 Å². The van der Waals surface area contributed by atoms with Gasteiger partial charge >= 0.3 is 0 Å². The molecule has 1 aliphatic heterocycles. The SMILES string of the molecule is COON(c1ccc(-c2cnc(N)c(-c3nnc(-c4ccc(CCNCC(C)F)cc4)o3)n2)cc1)C1CCOCC1. The van der Waals surface area contributed by atoms with Crippen LogP contribution in [0.2, 0.25) is 0 Å². The first-order valence-electron chi connectivity index (χ1n) is 13.6. The second-order valence-electron chi connectivity index (χ2n) is 9.79. The Kier molecular flexibility index (Phi) is 9.47. The number of hydroxylamine groups is 1. The second-order valence-corrected chi connectivity index (χ2v) is 9.79. The smallest absolute Gasteiger partial charge is 0.270 e. The van der Waals surface area contributed by atoms with E-state index in [1.807, 2.05) is 48.5 Å². The van der Waals surface area contributed by atoms with Crippen molar-refractivity contribution in [2.24, 2.45) is 0 Å². The third-order valence-corrected chi connectivity index (χ3v) is 6.74. The van der Waals surface area contributed by atoms with Crippen LogP contribution in [0.4, 0.5) is 15.9 Å². The zero-order valence-corrected chi connectivity index (χ0v) is 23.1. The fourth-order valence-electron chi connectivity index (χ4n) is 4.57. The summed E-state index contributed by atoms with van der Waals surface area (Å²) < 4.78 is 24.3. The van der Waals surface area contributed by atoms with Gasteiger partial charge in [-0.05, 0) is 62.6 Å². The Morgan fingerprint density at radius 3 is 2.46 bits per heavy atom. The minimum Gasteiger partial charge on any atom is -0.414 e. The molecule has 0 saturated carbocycles. The molecule has 1 saturated heterocycles. The molecule has 0 bridgehead atoms. The first kappa shape index (κ1) is 28.6. The van der Waals surface area contributed by atoms with E-state index in [1.54, 1.807) is 11.3 Å². The summed E-state index contributed by atoms with van der Waals surface area (Å²) in [6, 6.07) is 15.7. The molecular formula is C29H34FN7O4. The number of hydrogen-bond acceptors (Lipinski definition) is 11. The van der Waals surface area contributed by atoms with Gasteiger partial charge in [-0.25, -0.2) is 24.3 Å². The monoisotopic (exact) mass is 563 g/mol. The number of ether oxygens (including phenoxy) is 1. The van der Waals surface area contributed by atoms with Crippen molar-refractivity contribution < 1.29 is 23.4 Å². The molecule has 1 fully saturated rings. The van der Waals surface area contributed by atoms with E-state index < -0.39 is 6.17 Å². The van der Waals surface area contributed by atoms with Crippen LogP contribution in [0.15, 0.2) is 59.1 Å². The molecule has 216 valence electrons.